The average Bonchev–Trinajstić information content (AvgIpc) is 2.66. The summed E-state index contributed by atoms with van der Waals surface area (Å²) < 4.78 is 42.0. The van der Waals surface area contributed by atoms with Gasteiger partial charge in [-0.15, -0.1) is 0 Å². The molecule has 0 bridgehead atoms. The second kappa shape index (κ2) is 10.1. The van der Waals surface area contributed by atoms with Crippen molar-refractivity contribution in [2.24, 2.45) is 4.99 Å². The van der Waals surface area contributed by atoms with Crippen LogP contribution in [0, 0.1) is 5.82 Å². The SMILES string of the molecule is C/C=C/N=C(\C=C/CC)C(Cc1ccccc1)c1cc(F)cc(C(C)(F)F)c1. The lowest BCUT2D eigenvalue weighted by molar-refractivity contribution is 0.0170. The lowest BCUT2D eigenvalue weighted by Gasteiger charge is -2.21. The molecule has 0 spiro atoms. The molecule has 148 valence electrons. The molecule has 1 atom stereocenters. The van der Waals surface area contributed by atoms with Crippen molar-refractivity contribution in [3.05, 3.63) is 95.5 Å². The molecular weight excluding hydrogens is 359 g/mol. The third kappa shape index (κ3) is 6.22. The second-order valence-corrected chi connectivity index (χ2v) is 6.75. The Kier molecular flexibility index (Phi) is 7.80. The number of hydrogen-bond donors (Lipinski definition) is 0. The van der Waals surface area contributed by atoms with Gasteiger partial charge in [0, 0.05) is 30.3 Å². The van der Waals surface area contributed by atoms with Gasteiger partial charge in [0.15, 0.2) is 0 Å². The van der Waals surface area contributed by atoms with E-state index in [-0.39, 0.29) is 11.5 Å². The summed E-state index contributed by atoms with van der Waals surface area (Å²) in [5.41, 5.74) is 1.90. The molecule has 0 aromatic heterocycles. The number of rotatable bonds is 8. The maximum absolute atomic E-state index is 14.2. The Morgan fingerprint density at radius 1 is 1.14 bits per heavy atom. The average molecular weight is 385 g/mol. The smallest absolute Gasteiger partial charge is 0.261 e. The molecule has 0 aliphatic heterocycles. The van der Waals surface area contributed by atoms with Gasteiger partial charge >= 0.3 is 0 Å². The second-order valence-electron chi connectivity index (χ2n) is 6.75. The van der Waals surface area contributed by atoms with Gasteiger partial charge < -0.3 is 0 Å². The first kappa shape index (κ1) is 21.7. The van der Waals surface area contributed by atoms with Crippen molar-refractivity contribution in [3.8, 4) is 0 Å². The summed E-state index contributed by atoms with van der Waals surface area (Å²) >= 11 is 0. The van der Waals surface area contributed by atoms with Gasteiger partial charge in [0.05, 0.1) is 0 Å². The molecular formula is C24H26F3N. The Balaban J connectivity index is 2.60. The number of nitrogens with zero attached hydrogens (tertiary/aromatic N) is 1. The highest BCUT2D eigenvalue weighted by atomic mass is 19.3. The van der Waals surface area contributed by atoms with Crippen LogP contribution in [0.2, 0.25) is 0 Å². The summed E-state index contributed by atoms with van der Waals surface area (Å²) in [6.07, 6.45) is 8.67. The first-order valence-corrected chi connectivity index (χ1v) is 9.43. The number of aliphatic imine (C=N–C) groups is 1. The van der Waals surface area contributed by atoms with Crippen molar-refractivity contribution in [3.63, 3.8) is 0 Å². The third-order valence-electron chi connectivity index (χ3n) is 4.37. The first-order valence-electron chi connectivity index (χ1n) is 9.43. The molecule has 0 amide bonds. The van der Waals surface area contributed by atoms with E-state index < -0.39 is 11.7 Å². The van der Waals surface area contributed by atoms with Crippen LogP contribution in [-0.4, -0.2) is 5.71 Å². The Morgan fingerprint density at radius 2 is 1.86 bits per heavy atom. The van der Waals surface area contributed by atoms with E-state index in [4.69, 9.17) is 0 Å². The number of allylic oxidation sites excluding steroid dienone is 3. The van der Waals surface area contributed by atoms with Gasteiger partial charge in [0.1, 0.15) is 5.82 Å². The fraction of sp³-hybridized carbons (Fsp3) is 0.292. The topological polar surface area (TPSA) is 12.4 Å². The Morgan fingerprint density at radius 3 is 2.46 bits per heavy atom. The van der Waals surface area contributed by atoms with Crippen molar-refractivity contribution >= 4 is 5.71 Å². The van der Waals surface area contributed by atoms with E-state index in [1.165, 1.54) is 12.1 Å². The summed E-state index contributed by atoms with van der Waals surface area (Å²) in [6.45, 7) is 4.65. The van der Waals surface area contributed by atoms with Crippen LogP contribution in [-0.2, 0) is 12.3 Å². The van der Waals surface area contributed by atoms with Crippen LogP contribution in [0.1, 0.15) is 49.8 Å². The van der Waals surface area contributed by atoms with E-state index in [9.17, 15) is 13.2 Å². The van der Waals surface area contributed by atoms with E-state index in [1.807, 2.05) is 56.3 Å². The zero-order chi connectivity index (χ0) is 20.6. The van der Waals surface area contributed by atoms with Crippen LogP contribution in [0.5, 0.6) is 0 Å². The Hall–Kier alpha value is -2.62. The zero-order valence-corrected chi connectivity index (χ0v) is 16.5. The highest BCUT2D eigenvalue weighted by Crippen LogP contribution is 2.32. The van der Waals surface area contributed by atoms with Gasteiger partial charge in [0.25, 0.3) is 5.92 Å². The molecule has 0 aliphatic carbocycles. The molecule has 2 rings (SSSR count). The van der Waals surface area contributed by atoms with Crippen LogP contribution in [0.4, 0.5) is 13.2 Å². The molecule has 0 radical (unpaired) electrons. The van der Waals surface area contributed by atoms with E-state index in [1.54, 1.807) is 12.3 Å². The minimum atomic E-state index is -3.12. The first-order chi connectivity index (χ1) is 13.3. The molecule has 0 saturated carbocycles. The number of benzene rings is 2. The van der Waals surface area contributed by atoms with Crippen LogP contribution in [0.25, 0.3) is 0 Å². The fourth-order valence-corrected chi connectivity index (χ4v) is 2.96. The highest BCUT2D eigenvalue weighted by molar-refractivity contribution is 6.00. The molecule has 1 nitrogen and oxygen atoms in total. The maximum atomic E-state index is 14.2. The lowest BCUT2D eigenvalue weighted by Crippen LogP contribution is -2.16. The van der Waals surface area contributed by atoms with Crippen molar-refractivity contribution in [2.75, 3.05) is 0 Å². The predicted octanol–water partition coefficient (Wildman–Crippen LogP) is 7.20. The van der Waals surface area contributed by atoms with Gasteiger partial charge in [-0.05, 0) is 55.2 Å². The predicted molar refractivity (Wildman–Crippen MR) is 111 cm³/mol. The van der Waals surface area contributed by atoms with E-state index in [2.05, 4.69) is 4.99 Å². The standard InChI is InChI=1S/C24H26F3N/c1-4-6-12-23(28-13-5-2)22(14-18-10-8-7-9-11-18)19-15-20(24(3,26)27)17-21(25)16-19/h5-13,15-17,22H,4,14H2,1-3H3/b12-6-,13-5+,28-23+. The van der Waals surface area contributed by atoms with Gasteiger partial charge in [0.2, 0.25) is 0 Å². The van der Waals surface area contributed by atoms with E-state index in [0.717, 1.165) is 25.0 Å². The van der Waals surface area contributed by atoms with Crippen LogP contribution >= 0.6 is 0 Å². The molecule has 2 aromatic rings. The summed E-state index contributed by atoms with van der Waals surface area (Å²) in [5, 5.41) is 0. The molecule has 0 heterocycles. The van der Waals surface area contributed by atoms with Crippen molar-refractivity contribution in [1.82, 2.24) is 0 Å². The van der Waals surface area contributed by atoms with Gasteiger partial charge in [-0.3, -0.25) is 4.99 Å². The largest absolute Gasteiger partial charge is 0.270 e. The maximum Gasteiger partial charge on any atom is 0.270 e. The molecule has 0 saturated heterocycles. The molecule has 0 fully saturated rings. The van der Waals surface area contributed by atoms with Crippen LogP contribution in [0.15, 0.2) is 78.0 Å². The molecule has 2 aromatic carbocycles. The van der Waals surface area contributed by atoms with Gasteiger partial charge in [-0.2, -0.15) is 0 Å². The summed E-state index contributed by atoms with van der Waals surface area (Å²) in [6, 6.07) is 13.3. The molecule has 28 heavy (non-hydrogen) atoms. The Labute approximate surface area is 165 Å². The molecule has 0 N–H and O–H groups in total. The quantitative estimate of drug-likeness (QED) is 0.426. The number of hydrogen-bond acceptors (Lipinski definition) is 1. The molecule has 4 heteroatoms. The monoisotopic (exact) mass is 385 g/mol. The highest BCUT2D eigenvalue weighted by Gasteiger charge is 2.27. The van der Waals surface area contributed by atoms with Gasteiger partial charge in [-0.1, -0.05) is 49.4 Å². The van der Waals surface area contributed by atoms with Crippen molar-refractivity contribution < 1.29 is 13.2 Å². The summed E-state index contributed by atoms with van der Waals surface area (Å²) in [4.78, 5) is 4.51. The minimum absolute atomic E-state index is 0.328. The lowest BCUT2D eigenvalue weighted by atomic mass is 9.86. The summed E-state index contributed by atoms with van der Waals surface area (Å²) in [5.74, 6) is -4.14. The van der Waals surface area contributed by atoms with Gasteiger partial charge in [-0.25, -0.2) is 13.2 Å². The Bertz CT molecular complexity index is 846. The minimum Gasteiger partial charge on any atom is -0.261 e. The molecule has 0 aliphatic rings. The van der Waals surface area contributed by atoms with E-state index >= 15 is 0 Å². The van der Waals surface area contributed by atoms with Crippen LogP contribution in [0.3, 0.4) is 0 Å². The van der Waals surface area contributed by atoms with Crippen LogP contribution < -0.4 is 0 Å². The summed E-state index contributed by atoms with van der Waals surface area (Å²) in [7, 11) is 0. The van der Waals surface area contributed by atoms with Crippen molar-refractivity contribution in [2.45, 2.75) is 45.5 Å². The fourth-order valence-electron chi connectivity index (χ4n) is 2.96. The number of halogens is 3. The third-order valence-corrected chi connectivity index (χ3v) is 4.37. The zero-order valence-electron chi connectivity index (χ0n) is 16.5. The van der Waals surface area contributed by atoms with Crippen molar-refractivity contribution in [1.29, 1.82) is 0 Å². The normalized spacial score (nSPS) is 14.1. The van der Waals surface area contributed by atoms with E-state index in [0.29, 0.717) is 17.7 Å². The molecule has 1 unspecified atom stereocenters. The number of alkyl halides is 2.